The zero-order chi connectivity index (χ0) is 15.0. The van der Waals surface area contributed by atoms with Crippen LogP contribution in [0.5, 0.6) is 0 Å². The van der Waals surface area contributed by atoms with E-state index in [1.165, 1.54) is 0 Å². The van der Waals surface area contributed by atoms with Gasteiger partial charge in [0.1, 0.15) is 0 Å². The molecule has 0 aliphatic heterocycles. The van der Waals surface area contributed by atoms with E-state index in [1.54, 1.807) is 0 Å². The van der Waals surface area contributed by atoms with E-state index in [0.717, 1.165) is 51.4 Å². The molecule has 0 unspecified atom stereocenters. The molecule has 0 amide bonds. The van der Waals surface area contributed by atoms with Gasteiger partial charge in [-0.2, -0.15) is 0 Å². The third-order valence-corrected chi connectivity index (χ3v) is 5.30. The lowest BCUT2D eigenvalue weighted by Gasteiger charge is -2.33. The molecule has 2 fully saturated rings. The van der Waals surface area contributed by atoms with Crippen molar-refractivity contribution in [2.24, 2.45) is 10.8 Å². The van der Waals surface area contributed by atoms with E-state index < -0.39 is 22.8 Å². The van der Waals surface area contributed by atoms with Crippen LogP contribution in [-0.2, 0) is 9.59 Å². The molecule has 20 heavy (non-hydrogen) atoms. The molecule has 0 aromatic heterocycles. The number of rotatable bonds is 4. The monoisotopic (exact) mass is 280 g/mol. The van der Waals surface area contributed by atoms with Crippen molar-refractivity contribution in [3.8, 4) is 0 Å². The highest BCUT2D eigenvalue weighted by atomic mass is 16.4. The largest absolute Gasteiger partial charge is 0.478 e. The first-order valence-electron chi connectivity index (χ1n) is 7.52. The molecule has 4 heteroatoms. The molecule has 0 aromatic rings. The van der Waals surface area contributed by atoms with Crippen LogP contribution in [0.2, 0.25) is 0 Å². The van der Waals surface area contributed by atoms with Gasteiger partial charge in [0, 0.05) is 10.8 Å². The number of hydrogen-bond acceptors (Lipinski definition) is 2. The van der Waals surface area contributed by atoms with Crippen molar-refractivity contribution < 1.29 is 19.8 Å². The quantitative estimate of drug-likeness (QED) is 0.771. The highest BCUT2D eigenvalue weighted by molar-refractivity contribution is 6.00. The van der Waals surface area contributed by atoms with Gasteiger partial charge in [0.05, 0.1) is 11.1 Å². The molecular formula is C16H24O4. The van der Waals surface area contributed by atoms with Gasteiger partial charge in [0.15, 0.2) is 0 Å². The normalized spacial score (nSPS) is 25.3. The summed E-state index contributed by atoms with van der Waals surface area (Å²) in [6, 6.07) is 0. The minimum atomic E-state index is -1.04. The van der Waals surface area contributed by atoms with E-state index in [1.807, 2.05) is 13.8 Å². The van der Waals surface area contributed by atoms with Crippen molar-refractivity contribution in [3.63, 3.8) is 0 Å². The fourth-order valence-corrected chi connectivity index (χ4v) is 4.14. The van der Waals surface area contributed by atoms with Gasteiger partial charge < -0.3 is 10.2 Å². The van der Waals surface area contributed by atoms with Crippen LogP contribution >= 0.6 is 0 Å². The second kappa shape index (κ2) is 5.23. The van der Waals surface area contributed by atoms with E-state index >= 15 is 0 Å². The molecule has 0 aromatic carbocycles. The van der Waals surface area contributed by atoms with Crippen LogP contribution < -0.4 is 0 Å². The summed E-state index contributed by atoms with van der Waals surface area (Å²) in [5, 5.41) is 19.3. The lowest BCUT2D eigenvalue weighted by atomic mass is 9.70. The van der Waals surface area contributed by atoms with Crippen LogP contribution in [0.15, 0.2) is 11.1 Å². The fraction of sp³-hybridized carbons (Fsp3) is 0.750. The first kappa shape index (κ1) is 15.1. The van der Waals surface area contributed by atoms with Crippen molar-refractivity contribution in [1.82, 2.24) is 0 Å². The molecule has 112 valence electrons. The Kier molecular flexibility index (Phi) is 3.94. The van der Waals surface area contributed by atoms with Crippen molar-refractivity contribution in [2.45, 2.75) is 65.2 Å². The summed E-state index contributed by atoms with van der Waals surface area (Å²) in [7, 11) is 0. The molecule has 4 nitrogen and oxygen atoms in total. The van der Waals surface area contributed by atoms with Crippen LogP contribution in [0.1, 0.15) is 65.2 Å². The van der Waals surface area contributed by atoms with E-state index in [9.17, 15) is 19.8 Å². The van der Waals surface area contributed by atoms with E-state index in [-0.39, 0.29) is 11.1 Å². The maximum Gasteiger partial charge on any atom is 0.332 e. The minimum Gasteiger partial charge on any atom is -0.478 e. The molecule has 0 spiro atoms. The third kappa shape index (κ3) is 2.48. The molecule has 0 radical (unpaired) electrons. The first-order chi connectivity index (χ1) is 9.30. The molecule has 0 atom stereocenters. The summed E-state index contributed by atoms with van der Waals surface area (Å²) < 4.78 is 0. The molecular weight excluding hydrogens is 256 g/mol. The molecule has 2 saturated carbocycles. The van der Waals surface area contributed by atoms with Gasteiger partial charge in [0.2, 0.25) is 0 Å². The molecule has 0 saturated heterocycles. The Hall–Kier alpha value is -1.32. The fourth-order valence-electron chi connectivity index (χ4n) is 4.14. The number of carboxylic acid groups (broad SMARTS) is 2. The maximum absolute atomic E-state index is 11.8. The van der Waals surface area contributed by atoms with Crippen molar-refractivity contribution in [1.29, 1.82) is 0 Å². The summed E-state index contributed by atoms with van der Waals surface area (Å²) in [6.07, 6.45) is 7.05. The smallest absolute Gasteiger partial charge is 0.332 e. The van der Waals surface area contributed by atoms with Crippen LogP contribution in [0.4, 0.5) is 0 Å². The highest BCUT2D eigenvalue weighted by Gasteiger charge is 2.46. The van der Waals surface area contributed by atoms with Gasteiger partial charge in [-0.3, -0.25) is 0 Å². The summed E-state index contributed by atoms with van der Waals surface area (Å²) in [5.41, 5.74) is -0.616. The highest BCUT2D eigenvalue weighted by Crippen LogP contribution is 2.51. The average Bonchev–Trinajstić information content (AvgIpc) is 2.95. The zero-order valence-corrected chi connectivity index (χ0v) is 12.4. The Labute approximate surface area is 119 Å². The van der Waals surface area contributed by atoms with Crippen molar-refractivity contribution >= 4 is 11.9 Å². The van der Waals surface area contributed by atoms with Gasteiger partial charge in [-0.25, -0.2) is 9.59 Å². The maximum atomic E-state index is 11.8. The Morgan fingerprint density at radius 1 is 0.700 bits per heavy atom. The van der Waals surface area contributed by atoms with Crippen molar-refractivity contribution in [3.05, 3.63) is 11.1 Å². The second-order valence-corrected chi connectivity index (χ2v) is 6.90. The lowest BCUT2D eigenvalue weighted by molar-refractivity contribution is -0.138. The lowest BCUT2D eigenvalue weighted by Crippen LogP contribution is -2.32. The summed E-state index contributed by atoms with van der Waals surface area (Å²) in [5.74, 6) is -2.08. The molecule has 2 rings (SSSR count). The summed E-state index contributed by atoms with van der Waals surface area (Å²) >= 11 is 0. The predicted octanol–water partition coefficient (Wildman–Crippen LogP) is 3.61. The average molecular weight is 280 g/mol. The van der Waals surface area contributed by atoms with Crippen LogP contribution in [-0.4, -0.2) is 22.2 Å². The number of aliphatic carboxylic acids is 2. The Bertz CT molecular complexity index is 407. The summed E-state index contributed by atoms with van der Waals surface area (Å²) in [6.45, 7) is 3.84. The Morgan fingerprint density at radius 2 is 0.950 bits per heavy atom. The van der Waals surface area contributed by atoms with Crippen LogP contribution in [0.3, 0.4) is 0 Å². The van der Waals surface area contributed by atoms with E-state index in [4.69, 9.17) is 0 Å². The van der Waals surface area contributed by atoms with Gasteiger partial charge >= 0.3 is 11.9 Å². The third-order valence-electron chi connectivity index (χ3n) is 5.30. The molecule has 0 bridgehead atoms. The number of carboxylic acids is 2. The Balaban J connectivity index is 2.60. The van der Waals surface area contributed by atoms with Gasteiger partial charge in [-0.1, -0.05) is 39.5 Å². The standard InChI is InChI=1S/C16H24O4/c1-15(7-3-4-8-15)11(13(17)18)12(14(19)20)16(2)9-5-6-10-16/h3-10H2,1-2H3,(H,17,18)(H,19,20)/b12-11+. The first-order valence-corrected chi connectivity index (χ1v) is 7.52. The van der Waals surface area contributed by atoms with Gasteiger partial charge in [-0.15, -0.1) is 0 Å². The van der Waals surface area contributed by atoms with Gasteiger partial charge in [0.25, 0.3) is 0 Å². The predicted molar refractivity (Wildman–Crippen MR) is 75.4 cm³/mol. The second-order valence-electron chi connectivity index (χ2n) is 6.90. The molecule has 2 aliphatic rings. The zero-order valence-electron chi connectivity index (χ0n) is 12.4. The number of hydrogen-bond donors (Lipinski definition) is 2. The van der Waals surface area contributed by atoms with Crippen LogP contribution in [0.25, 0.3) is 0 Å². The van der Waals surface area contributed by atoms with Crippen LogP contribution in [0, 0.1) is 10.8 Å². The SMILES string of the molecule is CC1(/C(C(=O)O)=C(\C(=O)O)C2(C)CCCC2)CCCC1. The van der Waals surface area contributed by atoms with Gasteiger partial charge in [-0.05, 0) is 25.7 Å². The minimum absolute atomic E-state index is 0.173. The van der Waals surface area contributed by atoms with E-state index in [2.05, 4.69) is 0 Å². The Morgan fingerprint density at radius 3 is 1.15 bits per heavy atom. The van der Waals surface area contributed by atoms with Crippen molar-refractivity contribution in [2.75, 3.05) is 0 Å². The molecule has 0 heterocycles. The molecule has 2 aliphatic carbocycles. The molecule has 2 N–H and O–H groups in total. The number of carbonyl (C=O) groups is 2. The summed E-state index contributed by atoms with van der Waals surface area (Å²) in [4.78, 5) is 23.6. The van der Waals surface area contributed by atoms with E-state index in [0.29, 0.717) is 0 Å². The topological polar surface area (TPSA) is 74.6 Å².